The summed E-state index contributed by atoms with van der Waals surface area (Å²) in [5, 5.41) is 3.01. The Morgan fingerprint density at radius 2 is 1.72 bits per heavy atom. The number of halogens is 1. The molecular weight excluding hydrogens is 346 g/mol. The quantitative estimate of drug-likeness (QED) is 0.795. The molecule has 0 atom stereocenters. The van der Waals surface area contributed by atoms with Crippen molar-refractivity contribution in [3.05, 3.63) is 52.5 Å². The lowest BCUT2D eigenvalue weighted by Crippen LogP contribution is -2.21. The Morgan fingerprint density at radius 3 is 2.40 bits per heavy atom. The summed E-state index contributed by atoms with van der Waals surface area (Å²) >= 11 is 5.88. The summed E-state index contributed by atoms with van der Waals surface area (Å²) in [4.78, 5) is 24.2. The number of methoxy groups -OCH3 is 2. The maximum Gasteiger partial charge on any atom is 0.342 e. The molecule has 0 aliphatic heterocycles. The van der Waals surface area contributed by atoms with Crippen LogP contribution in [-0.2, 0) is 9.53 Å². The third kappa shape index (κ3) is 4.87. The highest BCUT2D eigenvalue weighted by Gasteiger charge is 2.16. The van der Waals surface area contributed by atoms with E-state index in [4.69, 9.17) is 25.8 Å². The van der Waals surface area contributed by atoms with Crippen LogP contribution in [0.3, 0.4) is 0 Å². The fourth-order valence-electron chi connectivity index (χ4n) is 2.15. The molecule has 132 valence electrons. The van der Waals surface area contributed by atoms with Crippen molar-refractivity contribution in [3.8, 4) is 11.5 Å². The largest absolute Gasteiger partial charge is 0.496 e. The van der Waals surface area contributed by atoms with E-state index in [1.165, 1.54) is 20.3 Å². The lowest BCUT2D eigenvalue weighted by molar-refractivity contribution is -0.119. The third-order valence-corrected chi connectivity index (χ3v) is 3.58. The molecule has 0 saturated carbocycles. The van der Waals surface area contributed by atoms with Gasteiger partial charge < -0.3 is 19.5 Å². The number of ether oxygens (including phenoxy) is 3. The van der Waals surface area contributed by atoms with Gasteiger partial charge in [0.15, 0.2) is 6.61 Å². The van der Waals surface area contributed by atoms with Gasteiger partial charge in [-0.3, -0.25) is 4.79 Å². The molecule has 0 heterocycles. The SMILES string of the molecule is COc1ccc(C)cc1NC(=O)COC(=O)c1cc(Cl)ccc1OC. The monoisotopic (exact) mass is 363 g/mol. The van der Waals surface area contributed by atoms with Crippen molar-refractivity contribution in [2.75, 3.05) is 26.1 Å². The van der Waals surface area contributed by atoms with E-state index in [0.29, 0.717) is 22.2 Å². The summed E-state index contributed by atoms with van der Waals surface area (Å²) in [7, 11) is 2.93. The van der Waals surface area contributed by atoms with E-state index in [2.05, 4.69) is 5.32 Å². The zero-order valence-corrected chi connectivity index (χ0v) is 14.8. The molecule has 0 saturated heterocycles. The van der Waals surface area contributed by atoms with Crippen molar-refractivity contribution in [2.24, 2.45) is 0 Å². The van der Waals surface area contributed by atoms with Crippen LogP contribution in [0.25, 0.3) is 0 Å². The number of nitrogens with one attached hydrogen (secondary N) is 1. The van der Waals surface area contributed by atoms with Gasteiger partial charge in [-0.25, -0.2) is 4.79 Å². The summed E-state index contributed by atoms with van der Waals surface area (Å²) in [6.45, 7) is 1.44. The van der Waals surface area contributed by atoms with Crippen molar-refractivity contribution in [2.45, 2.75) is 6.92 Å². The van der Waals surface area contributed by atoms with Crippen LogP contribution < -0.4 is 14.8 Å². The molecule has 1 N–H and O–H groups in total. The van der Waals surface area contributed by atoms with Gasteiger partial charge in [0, 0.05) is 5.02 Å². The van der Waals surface area contributed by atoms with E-state index in [1.807, 2.05) is 13.0 Å². The molecule has 0 fully saturated rings. The Morgan fingerprint density at radius 1 is 1.04 bits per heavy atom. The number of rotatable bonds is 6. The first kappa shape index (κ1) is 18.6. The number of aryl methyl sites for hydroxylation is 1. The Bertz CT molecular complexity index is 791. The molecule has 1 amide bonds. The van der Waals surface area contributed by atoms with Gasteiger partial charge in [0.05, 0.1) is 19.9 Å². The van der Waals surface area contributed by atoms with Gasteiger partial charge in [-0.15, -0.1) is 0 Å². The summed E-state index contributed by atoms with van der Waals surface area (Å²) in [5.74, 6) is -0.360. The second kappa shape index (κ2) is 8.39. The number of carbonyl (C=O) groups excluding carboxylic acids is 2. The first-order valence-corrected chi connectivity index (χ1v) is 7.77. The standard InChI is InChI=1S/C18H18ClNO5/c1-11-4-6-16(24-3)14(8-11)20-17(21)10-25-18(22)13-9-12(19)5-7-15(13)23-2/h4-9H,10H2,1-3H3,(H,20,21). The summed E-state index contributed by atoms with van der Waals surface area (Å²) in [6, 6.07) is 9.93. The summed E-state index contributed by atoms with van der Waals surface area (Å²) < 4.78 is 15.3. The average Bonchev–Trinajstić information content (AvgIpc) is 2.60. The molecule has 0 bridgehead atoms. The van der Waals surface area contributed by atoms with Crippen LogP contribution in [0.5, 0.6) is 11.5 Å². The molecule has 2 rings (SSSR count). The van der Waals surface area contributed by atoms with Crippen LogP contribution in [0, 0.1) is 6.92 Å². The van der Waals surface area contributed by atoms with Crippen LogP contribution in [0.2, 0.25) is 5.02 Å². The van der Waals surface area contributed by atoms with E-state index in [1.54, 1.807) is 24.3 Å². The molecule has 25 heavy (non-hydrogen) atoms. The van der Waals surface area contributed by atoms with Gasteiger partial charge in [-0.1, -0.05) is 17.7 Å². The highest BCUT2D eigenvalue weighted by atomic mass is 35.5. The number of benzene rings is 2. The summed E-state index contributed by atoms with van der Waals surface area (Å²) in [5.41, 5.74) is 1.61. The number of hydrogen-bond acceptors (Lipinski definition) is 5. The molecule has 0 aliphatic carbocycles. The molecule has 0 aliphatic rings. The van der Waals surface area contributed by atoms with E-state index >= 15 is 0 Å². The zero-order valence-electron chi connectivity index (χ0n) is 14.1. The van der Waals surface area contributed by atoms with E-state index in [-0.39, 0.29) is 5.56 Å². The predicted molar refractivity (Wildman–Crippen MR) is 94.6 cm³/mol. The average molecular weight is 364 g/mol. The first-order chi connectivity index (χ1) is 11.9. The Balaban J connectivity index is 2.02. The van der Waals surface area contributed by atoms with Crippen LogP contribution in [0.1, 0.15) is 15.9 Å². The lowest BCUT2D eigenvalue weighted by atomic mass is 10.2. The minimum atomic E-state index is -0.703. The highest BCUT2D eigenvalue weighted by Crippen LogP contribution is 2.25. The zero-order chi connectivity index (χ0) is 18.4. The fraction of sp³-hybridized carbons (Fsp3) is 0.222. The van der Waals surface area contributed by atoms with Crippen molar-refractivity contribution >= 4 is 29.2 Å². The Labute approximate surface area is 150 Å². The molecule has 2 aromatic rings. The Hall–Kier alpha value is -2.73. The molecule has 0 radical (unpaired) electrons. The van der Waals surface area contributed by atoms with Gasteiger partial charge in [0.25, 0.3) is 5.91 Å². The normalized spacial score (nSPS) is 10.1. The van der Waals surface area contributed by atoms with Crippen LogP contribution in [0.15, 0.2) is 36.4 Å². The molecule has 2 aromatic carbocycles. The van der Waals surface area contributed by atoms with Crippen molar-refractivity contribution < 1.29 is 23.8 Å². The topological polar surface area (TPSA) is 73.9 Å². The van der Waals surface area contributed by atoms with Crippen molar-refractivity contribution in [1.82, 2.24) is 0 Å². The van der Waals surface area contributed by atoms with Crippen LogP contribution >= 0.6 is 11.6 Å². The van der Waals surface area contributed by atoms with Crippen molar-refractivity contribution in [1.29, 1.82) is 0 Å². The number of esters is 1. The second-order valence-corrected chi connectivity index (χ2v) is 5.61. The minimum absolute atomic E-state index is 0.149. The van der Waals surface area contributed by atoms with Crippen molar-refractivity contribution in [3.63, 3.8) is 0 Å². The molecule has 7 heteroatoms. The van der Waals surface area contributed by atoms with E-state index in [0.717, 1.165) is 5.56 Å². The minimum Gasteiger partial charge on any atom is -0.496 e. The molecule has 0 unspecified atom stereocenters. The predicted octanol–water partition coefficient (Wildman–Crippen LogP) is 3.46. The summed E-state index contributed by atoms with van der Waals surface area (Å²) in [6.07, 6.45) is 0. The first-order valence-electron chi connectivity index (χ1n) is 7.39. The molecular formula is C18H18ClNO5. The van der Waals surface area contributed by atoms with Gasteiger partial charge in [0.1, 0.15) is 17.1 Å². The number of anilines is 1. The molecule has 6 nitrogen and oxygen atoms in total. The number of carbonyl (C=O) groups is 2. The number of amides is 1. The van der Waals surface area contributed by atoms with Gasteiger partial charge >= 0.3 is 5.97 Å². The molecule has 0 aromatic heterocycles. The van der Waals surface area contributed by atoms with Crippen LogP contribution in [0.4, 0.5) is 5.69 Å². The van der Waals surface area contributed by atoms with Gasteiger partial charge in [0.2, 0.25) is 0 Å². The third-order valence-electron chi connectivity index (χ3n) is 3.34. The van der Waals surface area contributed by atoms with Crippen LogP contribution in [-0.4, -0.2) is 32.7 Å². The van der Waals surface area contributed by atoms with Gasteiger partial charge in [-0.2, -0.15) is 0 Å². The maximum atomic E-state index is 12.1. The fourth-order valence-corrected chi connectivity index (χ4v) is 2.33. The highest BCUT2D eigenvalue weighted by molar-refractivity contribution is 6.31. The van der Waals surface area contributed by atoms with E-state index < -0.39 is 18.5 Å². The second-order valence-electron chi connectivity index (χ2n) is 5.17. The Kier molecular flexibility index (Phi) is 6.25. The maximum absolute atomic E-state index is 12.1. The molecule has 0 spiro atoms. The smallest absolute Gasteiger partial charge is 0.342 e. The lowest BCUT2D eigenvalue weighted by Gasteiger charge is -2.12. The number of hydrogen-bond donors (Lipinski definition) is 1. The van der Waals surface area contributed by atoms with Gasteiger partial charge in [-0.05, 0) is 42.8 Å². The van der Waals surface area contributed by atoms with E-state index in [9.17, 15) is 9.59 Å².